The molecule has 214 valence electrons. The topological polar surface area (TPSA) is 97.4 Å². The maximum atomic E-state index is 13.1. The summed E-state index contributed by atoms with van der Waals surface area (Å²) in [7, 11) is -9.08. The van der Waals surface area contributed by atoms with E-state index in [1.54, 1.807) is 0 Å². The molecule has 2 heterocycles. The fraction of sp³-hybridized carbons (Fsp3) is 0.500. The third-order valence-corrected chi connectivity index (χ3v) is 12.8. The molecule has 2 fully saturated rings. The van der Waals surface area contributed by atoms with E-state index in [1.807, 2.05) is 60.7 Å². The molecule has 2 aliphatic rings. The molecule has 39 heavy (non-hydrogen) atoms. The summed E-state index contributed by atoms with van der Waals surface area (Å²) < 4.78 is 90.2. The van der Waals surface area contributed by atoms with Gasteiger partial charge in [-0.05, 0) is 29.3 Å². The monoisotopic (exact) mass is 588 g/mol. The minimum absolute atomic E-state index is 0.184. The van der Waals surface area contributed by atoms with Gasteiger partial charge in [-0.2, -0.15) is 21.6 Å². The van der Waals surface area contributed by atoms with Crippen LogP contribution in [-0.4, -0.2) is 65.0 Å². The van der Waals surface area contributed by atoms with Gasteiger partial charge in [0.2, 0.25) is 5.60 Å². The Morgan fingerprint density at radius 2 is 1.46 bits per heavy atom. The lowest BCUT2D eigenvalue weighted by molar-refractivity contribution is -0.203. The second-order valence-electron chi connectivity index (χ2n) is 11.0. The molecular formula is C26H31F3O8SSi. The fourth-order valence-corrected chi connectivity index (χ4v) is 10.3. The molecule has 0 unspecified atom stereocenters. The SMILES string of the molecule is CC1(C)O[C@@H]2[C@@H](CO[Si](c3ccccc3)(c3ccccc3)C(C)(C)C)OC(=O)[C@]2(COS(=O)(=O)C(F)(F)F)O1. The molecule has 4 rings (SSSR count). The van der Waals surface area contributed by atoms with E-state index >= 15 is 0 Å². The normalized spacial score (nSPS) is 25.4. The largest absolute Gasteiger partial charge is 0.523 e. The summed E-state index contributed by atoms with van der Waals surface area (Å²) in [6, 6.07) is 19.3. The van der Waals surface area contributed by atoms with Crippen molar-refractivity contribution in [1.29, 1.82) is 0 Å². The molecule has 0 amide bonds. The van der Waals surface area contributed by atoms with Crippen LogP contribution in [0.4, 0.5) is 13.2 Å². The number of hydrogen-bond donors (Lipinski definition) is 0. The first-order valence-corrected chi connectivity index (χ1v) is 15.6. The van der Waals surface area contributed by atoms with Crippen molar-refractivity contribution in [3.8, 4) is 0 Å². The zero-order chi connectivity index (χ0) is 28.9. The van der Waals surface area contributed by atoms with Crippen LogP contribution < -0.4 is 10.4 Å². The first-order chi connectivity index (χ1) is 18.0. The van der Waals surface area contributed by atoms with Crippen LogP contribution in [0.5, 0.6) is 0 Å². The van der Waals surface area contributed by atoms with Crippen molar-refractivity contribution < 1.29 is 49.2 Å². The van der Waals surface area contributed by atoms with E-state index in [1.165, 1.54) is 13.8 Å². The van der Waals surface area contributed by atoms with E-state index < -0.39 is 65.2 Å². The van der Waals surface area contributed by atoms with Crippen molar-refractivity contribution in [2.45, 2.75) is 68.8 Å². The lowest BCUT2D eigenvalue weighted by Gasteiger charge is -2.43. The summed E-state index contributed by atoms with van der Waals surface area (Å²) in [6.45, 7) is 7.63. The minimum atomic E-state index is -6.00. The summed E-state index contributed by atoms with van der Waals surface area (Å²) in [4.78, 5) is 13.1. The summed E-state index contributed by atoms with van der Waals surface area (Å²) in [5, 5.41) is 1.51. The zero-order valence-electron chi connectivity index (χ0n) is 22.2. The Balaban J connectivity index is 1.69. The molecule has 0 aromatic heterocycles. The number of halogens is 3. The number of hydrogen-bond acceptors (Lipinski definition) is 8. The van der Waals surface area contributed by atoms with E-state index in [-0.39, 0.29) is 6.61 Å². The Hall–Kier alpha value is -2.29. The van der Waals surface area contributed by atoms with E-state index in [2.05, 4.69) is 25.0 Å². The second-order valence-corrected chi connectivity index (χ2v) is 16.9. The number of cyclic esters (lactones) is 1. The highest BCUT2D eigenvalue weighted by molar-refractivity contribution is 7.87. The predicted molar refractivity (Wildman–Crippen MR) is 137 cm³/mol. The van der Waals surface area contributed by atoms with Gasteiger partial charge in [-0.25, -0.2) is 4.79 Å². The molecule has 0 spiro atoms. The highest BCUT2D eigenvalue weighted by Gasteiger charge is 2.69. The van der Waals surface area contributed by atoms with Gasteiger partial charge in [0, 0.05) is 0 Å². The lowest BCUT2D eigenvalue weighted by atomic mass is 9.97. The summed E-state index contributed by atoms with van der Waals surface area (Å²) in [5.74, 6) is -2.53. The Labute approximate surface area is 226 Å². The van der Waals surface area contributed by atoms with Gasteiger partial charge in [0.1, 0.15) is 12.7 Å². The van der Waals surface area contributed by atoms with Gasteiger partial charge in [0.25, 0.3) is 8.32 Å². The van der Waals surface area contributed by atoms with Crippen LogP contribution in [0.1, 0.15) is 34.6 Å². The average Bonchev–Trinajstić information content (AvgIpc) is 3.26. The van der Waals surface area contributed by atoms with Crippen LogP contribution in [0, 0.1) is 0 Å². The number of ether oxygens (including phenoxy) is 3. The number of benzene rings is 2. The van der Waals surface area contributed by atoms with Crippen LogP contribution in [0.2, 0.25) is 5.04 Å². The van der Waals surface area contributed by atoms with E-state index in [4.69, 9.17) is 18.6 Å². The van der Waals surface area contributed by atoms with E-state index in [9.17, 15) is 26.4 Å². The van der Waals surface area contributed by atoms with Crippen molar-refractivity contribution in [2.24, 2.45) is 0 Å². The molecule has 0 bridgehead atoms. The Morgan fingerprint density at radius 3 is 1.92 bits per heavy atom. The number of carbonyl (C=O) groups excluding carboxylic acids is 1. The van der Waals surface area contributed by atoms with Gasteiger partial charge in [-0.1, -0.05) is 81.4 Å². The highest BCUT2D eigenvalue weighted by Crippen LogP contribution is 2.46. The average molecular weight is 589 g/mol. The van der Waals surface area contributed by atoms with Crippen molar-refractivity contribution >= 4 is 34.8 Å². The van der Waals surface area contributed by atoms with Gasteiger partial charge >= 0.3 is 21.6 Å². The van der Waals surface area contributed by atoms with Crippen molar-refractivity contribution in [3.05, 3.63) is 60.7 Å². The molecule has 8 nitrogen and oxygen atoms in total. The predicted octanol–water partition coefficient (Wildman–Crippen LogP) is 3.24. The Bertz CT molecular complexity index is 1260. The van der Waals surface area contributed by atoms with Gasteiger partial charge in [-0.15, -0.1) is 0 Å². The number of fused-ring (bicyclic) bond motifs is 1. The Kier molecular flexibility index (Phi) is 7.58. The van der Waals surface area contributed by atoms with Crippen molar-refractivity contribution in [1.82, 2.24) is 0 Å². The van der Waals surface area contributed by atoms with E-state index in [0.717, 1.165) is 10.4 Å². The molecule has 0 N–H and O–H groups in total. The summed E-state index contributed by atoms with van der Waals surface area (Å²) in [5.41, 5.74) is -7.91. The van der Waals surface area contributed by atoms with Gasteiger partial charge in [-0.3, -0.25) is 4.18 Å². The molecular weight excluding hydrogens is 557 g/mol. The number of alkyl halides is 3. The summed E-state index contributed by atoms with van der Waals surface area (Å²) in [6.07, 6.45) is -2.40. The quantitative estimate of drug-likeness (QED) is 0.201. The zero-order valence-corrected chi connectivity index (χ0v) is 24.0. The minimum Gasteiger partial charge on any atom is -0.455 e. The number of carbonyl (C=O) groups is 1. The first-order valence-electron chi connectivity index (χ1n) is 12.2. The first kappa shape index (κ1) is 29.7. The molecule has 0 radical (unpaired) electrons. The van der Waals surface area contributed by atoms with Crippen LogP contribution in [0.15, 0.2) is 60.7 Å². The van der Waals surface area contributed by atoms with Crippen molar-refractivity contribution in [2.75, 3.05) is 13.2 Å². The molecule has 0 aliphatic carbocycles. The van der Waals surface area contributed by atoms with Crippen LogP contribution in [0.3, 0.4) is 0 Å². The fourth-order valence-electron chi connectivity index (χ4n) is 5.25. The molecule has 13 heteroatoms. The smallest absolute Gasteiger partial charge is 0.455 e. The standard InChI is InChI=1S/C26H31F3O8SSi/c1-23(2,3)39(18-12-8-6-9-13-18,19-14-10-7-11-15-19)34-16-20-21-25(22(30)35-20,37-24(4,5)36-21)17-33-38(31,32)26(27,28)29/h6-15,20-21H,16-17H2,1-5H3/t20-,21-,25-/m1/s1. The third-order valence-electron chi connectivity index (χ3n) is 6.83. The third kappa shape index (κ3) is 5.27. The van der Waals surface area contributed by atoms with E-state index in [0.29, 0.717) is 0 Å². The molecule has 2 aliphatic heterocycles. The molecule has 2 saturated heterocycles. The molecule has 0 saturated carbocycles. The van der Waals surface area contributed by atoms with Gasteiger partial charge in [0.05, 0.1) is 6.61 Å². The Morgan fingerprint density at radius 1 is 0.949 bits per heavy atom. The van der Waals surface area contributed by atoms with Gasteiger partial charge < -0.3 is 18.6 Å². The van der Waals surface area contributed by atoms with Crippen LogP contribution in [0.25, 0.3) is 0 Å². The number of rotatable bonds is 8. The molecule has 2 aromatic carbocycles. The molecule has 3 atom stereocenters. The van der Waals surface area contributed by atoms with Gasteiger partial charge in [0.15, 0.2) is 11.9 Å². The van der Waals surface area contributed by atoms with Crippen LogP contribution >= 0.6 is 0 Å². The second kappa shape index (κ2) is 9.96. The highest BCUT2D eigenvalue weighted by atomic mass is 32.2. The summed E-state index contributed by atoms with van der Waals surface area (Å²) >= 11 is 0. The maximum absolute atomic E-state index is 13.1. The number of esters is 1. The molecule has 2 aromatic rings. The van der Waals surface area contributed by atoms with Crippen LogP contribution in [-0.2, 0) is 37.7 Å². The lowest BCUT2D eigenvalue weighted by Crippen LogP contribution is -2.67. The maximum Gasteiger partial charge on any atom is 0.523 e. The van der Waals surface area contributed by atoms with Crippen molar-refractivity contribution in [3.63, 3.8) is 0 Å².